The third-order valence-electron chi connectivity index (χ3n) is 1.82. The molecule has 0 saturated carbocycles. The van der Waals surface area contributed by atoms with Gasteiger partial charge in [0.25, 0.3) is 0 Å². The highest BCUT2D eigenvalue weighted by atomic mass is 32.2. The van der Waals surface area contributed by atoms with Gasteiger partial charge in [-0.2, -0.15) is 0 Å². The molecule has 0 aromatic rings. The number of amides is 1. The summed E-state index contributed by atoms with van der Waals surface area (Å²) in [5, 5.41) is 0. The van der Waals surface area contributed by atoms with Crippen LogP contribution >= 0.6 is 0 Å². The minimum Gasteiger partial charge on any atom is -0.369 e. The maximum atomic E-state index is 10.8. The van der Waals surface area contributed by atoms with Crippen molar-refractivity contribution in [2.75, 3.05) is 5.75 Å². The molecule has 0 spiro atoms. The predicted octanol–water partition coefficient (Wildman–Crippen LogP) is 0.110. The van der Waals surface area contributed by atoms with Crippen molar-refractivity contribution in [2.45, 2.75) is 20.3 Å². The Labute approximate surface area is 68.4 Å². The fraction of sp³-hybridized carbons (Fsp3) is 0.833. The normalized spacial score (nSPS) is 18.8. The van der Waals surface area contributed by atoms with Crippen LogP contribution in [0.1, 0.15) is 20.3 Å². The van der Waals surface area contributed by atoms with Gasteiger partial charge in [-0.05, 0) is 13.3 Å². The molecule has 0 aliphatic rings. The molecule has 0 aliphatic heterocycles. The van der Waals surface area contributed by atoms with Gasteiger partial charge >= 0.3 is 0 Å². The van der Waals surface area contributed by atoms with Gasteiger partial charge in [0.1, 0.15) is 0 Å². The zero-order chi connectivity index (χ0) is 9.07. The van der Waals surface area contributed by atoms with E-state index in [-0.39, 0.29) is 5.75 Å². The highest BCUT2D eigenvalue weighted by Gasteiger charge is 2.30. The van der Waals surface area contributed by atoms with Crippen molar-refractivity contribution < 1.29 is 13.6 Å². The van der Waals surface area contributed by atoms with E-state index in [1.54, 1.807) is 13.8 Å². The molecule has 0 rings (SSSR count). The molecule has 0 aromatic heterocycles. The van der Waals surface area contributed by atoms with Gasteiger partial charge in [0.05, 0.1) is 11.2 Å². The van der Waals surface area contributed by atoms with Crippen molar-refractivity contribution in [1.29, 1.82) is 0 Å². The van der Waals surface area contributed by atoms with Crippen LogP contribution < -0.4 is 5.73 Å². The molecule has 2 unspecified atom stereocenters. The van der Waals surface area contributed by atoms with Gasteiger partial charge < -0.3 is 10.3 Å². The van der Waals surface area contributed by atoms with Crippen LogP contribution in [0.2, 0.25) is 0 Å². The van der Waals surface area contributed by atoms with Gasteiger partial charge in [0, 0.05) is 0 Å². The molecule has 0 bridgehead atoms. The molecule has 0 fully saturated rings. The summed E-state index contributed by atoms with van der Waals surface area (Å²) in [5.74, 6) is -0.610. The Balaban J connectivity index is 4.34. The maximum absolute atomic E-state index is 10.8. The first-order valence-corrected chi connectivity index (χ1v) is 4.57. The van der Waals surface area contributed by atoms with E-state index in [1.165, 1.54) is 0 Å². The van der Waals surface area contributed by atoms with E-state index in [2.05, 4.69) is 0 Å². The van der Waals surface area contributed by atoms with E-state index < -0.39 is 22.4 Å². The summed E-state index contributed by atoms with van der Waals surface area (Å²) < 4.78 is 18.9. The Hall–Kier alpha value is -0.420. The molecule has 1 amide bonds. The average Bonchev–Trinajstić information content (AvgIpc) is 1.86. The van der Waals surface area contributed by atoms with Crippen LogP contribution in [0, 0.1) is 5.41 Å². The standard InChI is InChI=1S/C6H13NO3S/c1-3-6(2,5(7)8)4-11(9)10/h3-4H2,1-2H3,(H2,7,8)(H,9,10). The van der Waals surface area contributed by atoms with Crippen LogP contribution in [0.15, 0.2) is 0 Å². The molecular formula is C6H13NO3S. The zero-order valence-electron chi connectivity index (χ0n) is 6.66. The van der Waals surface area contributed by atoms with Crippen molar-refractivity contribution in [3.63, 3.8) is 0 Å². The van der Waals surface area contributed by atoms with Gasteiger partial charge in [-0.1, -0.05) is 6.92 Å². The molecule has 11 heavy (non-hydrogen) atoms. The van der Waals surface area contributed by atoms with E-state index in [0.717, 1.165) is 0 Å². The van der Waals surface area contributed by atoms with Crippen molar-refractivity contribution in [2.24, 2.45) is 11.1 Å². The van der Waals surface area contributed by atoms with Crippen molar-refractivity contribution in [3.05, 3.63) is 0 Å². The third-order valence-corrected chi connectivity index (χ3v) is 2.70. The van der Waals surface area contributed by atoms with Gasteiger partial charge in [-0.25, -0.2) is 4.21 Å². The minimum atomic E-state index is -1.96. The summed E-state index contributed by atoms with van der Waals surface area (Å²) in [6.45, 7) is 3.35. The summed E-state index contributed by atoms with van der Waals surface area (Å²) >= 11 is -1.96. The topological polar surface area (TPSA) is 80.4 Å². The SMILES string of the molecule is CCC(C)(CS(=O)O)C(N)=O. The highest BCUT2D eigenvalue weighted by Crippen LogP contribution is 2.20. The Morgan fingerprint density at radius 2 is 2.18 bits per heavy atom. The fourth-order valence-corrected chi connectivity index (χ4v) is 1.51. The predicted molar refractivity (Wildman–Crippen MR) is 43.2 cm³/mol. The Morgan fingerprint density at radius 3 is 2.27 bits per heavy atom. The first-order chi connectivity index (χ1) is 4.92. The second kappa shape index (κ2) is 3.82. The molecule has 0 radical (unpaired) electrons. The van der Waals surface area contributed by atoms with Crippen LogP contribution in [-0.4, -0.2) is 20.4 Å². The molecule has 5 heteroatoms. The Kier molecular flexibility index (Phi) is 3.68. The third kappa shape index (κ3) is 2.98. The van der Waals surface area contributed by atoms with Crippen LogP contribution in [0.25, 0.3) is 0 Å². The Bertz CT molecular complexity index is 183. The van der Waals surface area contributed by atoms with Gasteiger partial charge in [0.15, 0.2) is 11.1 Å². The molecule has 66 valence electrons. The number of rotatable bonds is 4. The van der Waals surface area contributed by atoms with Crippen LogP contribution in [0.4, 0.5) is 0 Å². The number of primary amides is 1. The highest BCUT2D eigenvalue weighted by molar-refractivity contribution is 7.79. The van der Waals surface area contributed by atoms with E-state index >= 15 is 0 Å². The molecule has 0 heterocycles. The number of carbonyl (C=O) groups is 1. The smallest absolute Gasteiger partial charge is 0.224 e. The van der Waals surface area contributed by atoms with Crippen LogP contribution in [0.5, 0.6) is 0 Å². The molecular weight excluding hydrogens is 166 g/mol. The van der Waals surface area contributed by atoms with Gasteiger partial charge in [0.2, 0.25) is 5.91 Å². The quantitative estimate of drug-likeness (QED) is 0.601. The average molecular weight is 179 g/mol. The number of nitrogens with two attached hydrogens (primary N) is 1. The summed E-state index contributed by atoms with van der Waals surface area (Å²) in [6.07, 6.45) is 0.481. The lowest BCUT2D eigenvalue weighted by Gasteiger charge is -2.21. The second-order valence-electron chi connectivity index (χ2n) is 2.74. The molecule has 2 atom stereocenters. The van der Waals surface area contributed by atoms with Crippen LogP contribution in [-0.2, 0) is 15.9 Å². The van der Waals surface area contributed by atoms with E-state index in [9.17, 15) is 9.00 Å². The molecule has 4 nitrogen and oxygen atoms in total. The van der Waals surface area contributed by atoms with Crippen LogP contribution in [0.3, 0.4) is 0 Å². The molecule has 3 N–H and O–H groups in total. The summed E-state index contributed by atoms with van der Waals surface area (Å²) in [7, 11) is 0. The summed E-state index contributed by atoms with van der Waals surface area (Å²) in [4.78, 5) is 10.8. The zero-order valence-corrected chi connectivity index (χ0v) is 7.48. The number of hydrogen-bond donors (Lipinski definition) is 2. The lowest BCUT2D eigenvalue weighted by Crippen LogP contribution is -2.38. The van der Waals surface area contributed by atoms with E-state index in [1.807, 2.05) is 0 Å². The fourth-order valence-electron chi connectivity index (χ4n) is 0.620. The largest absolute Gasteiger partial charge is 0.369 e. The van der Waals surface area contributed by atoms with Gasteiger partial charge in [-0.15, -0.1) is 0 Å². The maximum Gasteiger partial charge on any atom is 0.224 e. The molecule has 0 aromatic carbocycles. The van der Waals surface area contributed by atoms with E-state index in [4.69, 9.17) is 10.3 Å². The number of hydrogen-bond acceptors (Lipinski definition) is 2. The molecule has 0 aliphatic carbocycles. The minimum absolute atomic E-state index is 0.0845. The summed E-state index contributed by atoms with van der Waals surface area (Å²) in [6, 6.07) is 0. The van der Waals surface area contributed by atoms with Crippen molar-refractivity contribution >= 4 is 17.0 Å². The Morgan fingerprint density at radius 1 is 1.73 bits per heavy atom. The monoisotopic (exact) mass is 179 g/mol. The second-order valence-corrected chi connectivity index (χ2v) is 3.68. The first-order valence-electron chi connectivity index (χ1n) is 3.29. The van der Waals surface area contributed by atoms with E-state index in [0.29, 0.717) is 6.42 Å². The first kappa shape index (κ1) is 10.6. The lowest BCUT2D eigenvalue weighted by atomic mass is 9.89. The van der Waals surface area contributed by atoms with Crippen molar-refractivity contribution in [3.8, 4) is 0 Å². The van der Waals surface area contributed by atoms with Gasteiger partial charge in [-0.3, -0.25) is 4.79 Å². The lowest BCUT2D eigenvalue weighted by molar-refractivity contribution is -0.125. The van der Waals surface area contributed by atoms with Crippen molar-refractivity contribution in [1.82, 2.24) is 0 Å². The summed E-state index contributed by atoms with van der Waals surface area (Å²) in [5.41, 5.74) is 4.20. The number of carbonyl (C=O) groups excluding carboxylic acids is 1. The molecule has 0 saturated heterocycles.